The van der Waals surface area contributed by atoms with Gasteiger partial charge in [0, 0.05) is 11.8 Å². The summed E-state index contributed by atoms with van der Waals surface area (Å²) in [5, 5.41) is 2.81. The number of anilines is 2. The molecule has 104 valence electrons. The van der Waals surface area contributed by atoms with E-state index in [0.717, 1.165) is 5.56 Å². The number of nitrogens with zero attached hydrogens (tertiary/aromatic N) is 1. The molecule has 0 aliphatic heterocycles. The average Bonchev–Trinajstić information content (AvgIpc) is 2.49. The molecule has 0 radical (unpaired) electrons. The molecule has 6 nitrogen and oxygen atoms in total. The number of carbonyl (C=O) groups excluding carboxylic acids is 1. The highest BCUT2D eigenvalue weighted by Gasteiger charge is 2.09. The van der Waals surface area contributed by atoms with Crippen LogP contribution in [0.3, 0.4) is 0 Å². The number of benzene rings is 1. The van der Waals surface area contributed by atoms with Crippen molar-refractivity contribution in [1.29, 1.82) is 0 Å². The van der Waals surface area contributed by atoms with E-state index < -0.39 is 0 Å². The first-order valence-electron chi connectivity index (χ1n) is 6.02. The van der Waals surface area contributed by atoms with Gasteiger partial charge in [-0.2, -0.15) is 0 Å². The monoisotopic (exact) mass is 272 g/mol. The van der Waals surface area contributed by atoms with E-state index in [4.69, 9.17) is 10.6 Å². The van der Waals surface area contributed by atoms with Gasteiger partial charge in [-0.15, -0.1) is 0 Å². The largest absolute Gasteiger partial charge is 0.497 e. The third-order valence-corrected chi connectivity index (χ3v) is 2.86. The number of nitrogen functional groups attached to an aromatic ring is 1. The van der Waals surface area contributed by atoms with Gasteiger partial charge in [-0.1, -0.05) is 6.07 Å². The molecule has 0 aliphatic rings. The van der Waals surface area contributed by atoms with Crippen molar-refractivity contribution in [3.8, 4) is 5.75 Å². The summed E-state index contributed by atoms with van der Waals surface area (Å²) in [5.41, 5.74) is 5.04. The molecule has 4 N–H and O–H groups in total. The summed E-state index contributed by atoms with van der Waals surface area (Å²) < 4.78 is 5.14. The van der Waals surface area contributed by atoms with Gasteiger partial charge in [-0.3, -0.25) is 10.6 Å². The lowest BCUT2D eigenvalue weighted by molar-refractivity contribution is 0.102. The third-order valence-electron chi connectivity index (χ3n) is 2.86. The molecule has 2 rings (SSSR count). The third kappa shape index (κ3) is 3.04. The Bertz CT molecular complexity index is 611. The van der Waals surface area contributed by atoms with Gasteiger partial charge in [0.15, 0.2) is 0 Å². The Morgan fingerprint density at radius 3 is 2.70 bits per heavy atom. The molecule has 0 fully saturated rings. The number of carbonyl (C=O) groups is 1. The minimum atomic E-state index is -0.287. The maximum atomic E-state index is 12.1. The van der Waals surface area contributed by atoms with Crippen molar-refractivity contribution in [2.45, 2.75) is 6.92 Å². The molecule has 0 atom stereocenters. The van der Waals surface area contributed by atoms with Crippen LogP contribution in [-0.4, -0.2) is 18.0 Å². The summed E-state index contributed by atoms with van der Waals surface area (Å²) in [6.45, 7) is 1.91. The Labute approximate surface area is 116 Å². The van der Waals surface area contributed by atoms with Gasteiger partial charge in [0.2, 0.25) is 0 Å². The van der Waals surface area contributed by atoms with Crippen molar-refractivity contribution in [2.24, 2.45) is 5.84 Å². The fourth-order valence-electron chi connectivity index (χ4n) is 1.66. The summed E-state index contributed by atoms with van der Waals surface area (Å²) in [5.74, 6) is 5.64. The molecule has 1 aromatic heterocycles. The number of ether oxygens (including phenoxy) is 1. The van der Waals surface area contributed by atoms with Gasteiger partial charge in [-0.25, -0.2) is 4.98 Å². The number of hydrogen-bond acceptors (Lipinski definition) is 5. The van der Waals surface area contributed by atoms with Crippen LogP contribution in [0, 0.1) is 6.92 Å². The van der Waals surface area contributed by atoms with Crippen LogP contribution in [0.25, 0.3) is 0 Å². The molecular weight excluding hydrogens is 256 g/mol. The maximum Gasteiger partial charge on any atom is 0.274 e. The van der Waals surface area contributed by atoms with Crippen molar-refractivity contribution >= 4 is 17.3 Å². The molecule has 0 saturated heterocycles. The molecule has 1 heterocycles. The average molecular weight is 272 g/mol. The molecule has 0 unspecified atom stereocenters. The second-order valence-electron chi connectivity index (χ2n) is 4.21. The van der Waals surface area contributed by atoms with Crippen molar-refractivity contribution in [3.05, 3.63) is 47.8 Å². The van der Waals surface area contributed by atoms with Gasteiger partial charge in [0.1, 0.15) is 11.4 Å². The Morgan fingerprint density at radius 2 is 2.10 bits per heavy atom. The topological polar surface area (TPSA) is 89.3 Å². The van der Waals surface area contributed by atoms with Crippen molar-refractivity contribution < 1.29 is 9.53 Å². The molecule has 20 heavy (non-hydrogen) atoms. The van der Waals surface area contributed by atoms with Crippen molar-refractivity contribution in [2.75, 3.05) is 17.9 Å². The SMILES string of the molecule is COc1ccc(C)c(NC(=O)c2ccc(NN)cn2)c1. The molecule has 0 spiro atoms. The first-order chi connectivity index (χ1) is 9.63. The van der Waals surface area contributed by atoms with Gasteiger partial charge in [0.25, 0.3) is 5.91 Å². The van der Waals surface area contributed by atoms with Crippen LogP contribution in [-0.2, 0) is 0 Å². The Morgan fingerprint density at radius 1 is 1.30 bits per heavy atom. The van der Waals surface area contributed by atoms with Crippen molar-refractivity contribution in [3.63, 3.8) is 0 Å². The molecule has 0 bridgehead atoms. The van der Waals surface area contributed by atoms with Gasteiger partial charge in [0.05, 0.1) is 19.0 Å². The standard InChI is InChI=1S/C14H16N4O2/c1-9-3-5-11(20-2)7-13(9)17-14(19)12-6-4-10(18-15)8-16-12/h3-8,18H,15H2,1-2H3,(H,17,19). The van der Waals surface area contributed by atoms with Gasteiger partial charge >= 0.3 is 0 Å². The Hall–Kier alpha value is -2.60. The second kappa shape index (κ2) is 6.03. The fraction of sp³-hybridized carbons (Fsp3) is 0.143. The number of pyridine rings is 1. The second-order valence-corrected chi connectivity index (χ2v) is 4.21. The van der Waals surface area contributed by atoms with Gasteiger partial charge in [-0.05, 0) is 30.7 Å². The summed E-state index contributed by atoms with van der Waals surface area (Å²) in [4.78, 5) is 16.1. The van der Waals surface area contributed by atoms with Crippen LogP contribution in [0.15, 0.2) is 36.5 Å². The fourth-order valence-corrected chi connectivity index (χ4v) is 1.66. The Kier molecular flexibility index (Phi) is 4.17. The van der Waals surface area contributed by atoms with Crippen LogP contribution >= 0.6 is 0 Å². The lowest BCUT2D eigenvalue weighted by Crippen LogP contribution is -2.15. The minimum Gasteiger partial charge on any atom is -0.497 e. The number of rotatable bonds is 4. The quantitative estimate of drug-likeness (QED) is 0.584. The number of aryl methyl sites for hydroxylation is 1. The number of amides is 1. The predicted octanol–water partition coefficient (Wildman–Crippen LogP) is 1.94. The van der Waals surface area contributed by atoms with E-state index in [1.54, 1.807) is 25.3 Å². The number of nitrogens with one attached hydrogen (secondary N) is 2. The van der Waals surface area contributed by atoms with E-state index in [2.05, 4.69) is 15.7 Å². The van der Waals surface area contributed by atoms with Crippen LogP contribution in [0.5, 0.6) is 5.75 Å². The first kappa shape index (κ1) is 13.8. The summed E-state index contributed by atoms with van der Waals surface area (Å²) in [6.07, 6.45) is 1.49. The highest BCUT2D eigenvalue weighted by atomic mass is 16.5. The minimum absolute atomic E-state index is 0.287. The number of aromatic nitrogens is 1. The Balaban J connectivity index is 2.18. The lowest BCUT2D eigenvalue weighted by atomic mass is 10.2. The predicted molar refractivity (Wildman–Crippen MR) is 77.7 cm³/mol. The number of hydrazine groups is 1. The van der Waals surface area contributed by atoms with E-state index in [1.807, 2.05) is 19.1 Å². The zero-order chi connectivity index (χ0) is 14.5. The van der Waals surface area contributed by atoms with Crippen LogP contribution < -0.4 is 21.3 Å². The molecule has 0 aliphatic carbocycles. The summed E-state index contributed by atoms with van der Waals surface area (Å²) in [7, 11) is 1.58. The van der Waals surface area contributed by atoms with Crippen molar-refractivity contribution in [1.82, 2.24) is 4.98 Å². The highest BCUT2D eigenvalue weighted by Crippen LogP contribution is 2.22. The number of hydrogen-bond donors (Lipinski definition) is 3. The summed E-state index contributed by atoms with van der Waals surface area (Å²) >= 11 is 0. The molecule has 6 heteroatoms. The van der Waals surface area contributed by atoms with E-state index >= 15 is 0 Å². The van der Waals surface area contributed by atoms with Crippen LogP contribution in [0.2, 0.25) is 0 Å². The molecule has 1 amide bonds. The van der Waals surface area contributed by atoms with Crippen LogP contribution in [0.4, 0.5) is 11.4 Å². The van der Waals surface area contributed by atoms with E-state index in [0.29, 0.717) is 22.8 Å². The first-order valence-corrected chi connectivity index (χ1v) is 6.02. The zero-order valence-corrected chi connectivity index (χ0v) is 11.3. The molecule has 1 aromatic carbocycles. The smallest absolute Gasteiger partial charge is 0.274 e. The molecule has 2 aromatic rings. The lowest BCUT2D eigenvalue weighted by Gasteiger charge is -2.10. The zero-order valence-electron chi connectivity index (χ0n) is 11.3. The van der Waals surface area contributed by atoms with Gasteiger partial charge < -0.3 is 15.5 Å². The maximum absolute atomic E-state index is 12.1. The highest BCUT2D eigenvalue weighted by molar-refractivity contribution is 6.03. The molecular formula is C14H16N4O2. The van der Waals surface area contributed by atoms with E-state index in [-0.39, 0.29) is 5.91 Å². The normalized spacial score (nSPS) is 9.95. The summed E-state index contributed by atoms with van der Waals surface area (Å²) in [6, 6.07) is 8.76. The molecule has 0 saturated carbocycles. The van der Waals surface area contributed by atoms with E-state index in [1.165, 1.54) is 6.20 Å². The van der Waals surface area contributed by atoms with Crippen LogP contribution in [0.1, 0.15) is 16.1 Å². The van der Waals surface area contributed by atoms with E-state index in [9.17, 15) is 4.79 Å². The number of methoxy groups -OCH3 is 1. The number of nitrogens with two attached hydrogens (primary N) is 1.